The van der Waals surface area contributed by atoms with Crippen molar-refractivity contribution in [3.63, 3.8) is 0 Å². The molecular formula is C14H20N2OS. The first-order valence-electron chi connectivity index (χ1n) is 6.08. The Kier molecular flexibility index (Phi) is 7.31. The van der Waals surface area contributed by atoms with Crippen molar-refractivity contribution < 1.29 is 4.74 Å². The van der Waals surface area contributed by atoms with Gasteiger partial charge in [-0.05, 0) is 31.4 Å². The molecule has 0 spiro atoms. The second-order valence-corrected chi connectivity index (χ2v) is 5.10. The van der Waals surface area contributed by atoms with Gasteiger partial charge >= 0.3 is 0 Å². The molecule has 0 saturated heterocycles. The Hall–Kier alpha value is -1.18. The van der Waals surface area contributed by atoms with Gasteiger partial charge < -0.3 is 10.1 Å². The smallest absolute Gasteiger partial charge is 0.174 e. The fourth-order valence-electron chi connectivity index (χ4n) is 1.58. The largest absolute Gasteiger partial charge is 0.478 e. The van der Waals surface area contributed by atoms with Crippen LogP contribution in [0.15, 0.2) is 24.3 Å². The third-order valence-electron chi connectivity index (χ3n) is 2.66. The molecule has 18 heavy (non-hydrogen) atoms. The maximum atomic E-state index is 8.54. The molecule has 0 heterocycles. The van der Waals surface area contributed by atoms with Crippen LogP contribution in [0.2, 0.25) is 0 Å². The van der Waals surface area contributed by atoms with Crippen LogP contribution in [0.1, 0.15) is 18.9 Å². The van der Waals surface area contributed by atoms with Crippen LogP contribution in [-0.4, -0.2) is 24.7 Å². The monoisotopic (exact) mass is 264 g/mol. The van der Waals surface area contributed by atoms with Gasteiger partial charge in [-0.25, -0.2) is 0 Å². The van der Waals surface area contributed by atoms with E-state index in [9.17, 15) is 0 Å². The number of thioether (sulfide) groups is 1. The van der Waals surface area contributed by atoms with Crippen molar-refractivity contribution in [3.05, 3.63) is 29.8 Å². The first-order chi connectivity index (χ1) is 8.77. The minimum absolute atomic E-state index is 0.0963. The van der Waals surface area contributed by atoms with E-state index in [0.29, 0.717) is 6.04 Å². The van der Waals surface area contributed by atoms with E-state index in [-0.39, 0.29) is 6.61 Å². The molecule has 0 amide bonds. The first-order valence-corrected chi connectivity index (χ1v) is 7.47. The average Bonchev–Trinajstić information content (AvgIpc) is 2.41. The van der Waals surface area contributed by atoms with Gasteiger partial charge in [-0.1, -0.05) is 18.2 Å². The highest BCUT2D eigenvalue weighted by Gasteiger charge is 2.05. The number of hydrogen-bond acceptors (Lipinski definition) is 4. The molecule has 1 N–H and O–H groups in total. The van der Waals surface area contributed by atoms with Gasteiger partial charge in [0.05, 0.1) is 0 Å². The van der Waals surface area contributed by atoms with Crippen molar-refractivity contribution in [2.24, 2.45) is 0 Å². The van der Waals surface area contributed by atoms with E-state index in [1.807, 2.05) is 42.1 Å². The molecule has 3 nitrogen and oxygen atoms in total. The fourth-order valence-corrected chi connectivity index (χ4v) is 2.17. The molecule has 0 aromatic heterocycles. The van der Waals surface area contributed by atoms with Crippen LogP contribution in [0.5, 0.6) is 5.75 Å². The third kappa shape index (κ3) is 5.44. The standard InChI is InChI=1S/C14H20N2OS/c1-12(7-10-18-2)16-11-13-5-3-4-6-14(13)17-9-8-15/h3-6,12,16H,7,9-11H2,1-2H3. The van der Waals surface area contributed by atoms with Gasteiger partial charge in [0.1, 0.15) is 11.8 Å². The van der Waals surface area contributed by atoms with Crippen molar-refractivity contribution in [2.75, 3.05) is 18.6 Å². The van der Waals surface area contributed by atoms with Crippen molar-refractivity contribution >= 4 is 11.8 Å². The normalized spacial score (nSPS) is 11.8. The molecule has 0 saturated carbocycles. The summed E-state index contributed by atoms with van der Waals surface area (Å²) in [4.78, 5) is 0. The van der Waals surface area contributed by atoms with E-state index in [2.05, 4.69) is 18.5 Å². The molecule has 1 aromatic rings. The number of ether oxygens (including phenoxy) is 1. The fraction of sp³-hybridized carbons (Fsp3) is 0.500. The predicted molar refractivity (Wildman–Crippen MR) is 76.9 cm³/mol. The Morgan fingerprint density at radius 1 is 1.44 bits per heavy atom. The van der Waals surface area contributed by atoms with Crippen LogP contribution in [0, 0.1) is 11.3 Å². The zero-order valence-electron chi connectivity index (χ0n) is 11.0. The summed E-state index contributed by atoms with van der Waals surface area (Å²) in [6.07, 6.45) is 3.28. The Labute approximate surface area is 114 Å². The summed E-state index contributed by atoms with van der Waals surface area (Å²) in [7, 11) is 0. The molecule has 98 valence electrons. The second kappa shape index (κ2) is 8.84. The lowest BCUT2D eigenvalue weighted by Crippen LogP contribution is -2.26. The van der Waals surface area contributed by atoms with Crippen LogP contribution in [0.4, 0.5) is 0 Å². The van der Waals surface area contributed by atoms with Gasteiger partial charge in [-0.15, -0.1) is 0 Å². The Balaban J connectivity index is 2.48. The van der Waals surface area contributed by atoms with Crippen LogP contribution < -0.4 is 10.1 Å². The highest BCUT2D eigenvalue weighted by Crippen LogP contribution is 2.17. The number of para-hydroxylation sites is 1. The molecule has 0 bridgehead atoms. The molecular weight excluding hydrogens is 244 g/mol. The van der Waals surface area contributed by atoms with Crippen LogP contribution in [-0.2, 0) is 6.54 Å². The van der Waals surface area contributed by atoms with Crippen LogP contribution in [0.3, 0.4) is 0 Å². The molecule has 0 fully saturated rings. The van der Waals surface area contributed by atoms with Crippen molar-refractivity contribution in [3.8, 4) is 11.8 Å². The Morgan fingerprint density at radius 2 is 2.22 bits per heavy atom. The van der Waals surface area contributed by atoms with E-state index >= 15 is 0 Å². The molecule has 0 aliphatic rings. The summed E-state index contributed by atoms with van der Waals surface area (Å²) < 4.78 is 5.39. The molecule has 0 radical (unpaired) electrons. The van der Waals surface area contributed by atoms with Gasteiger partial charge in [0.2, 0.25) is 0 Å². The molecule has 4 heteroatoms. The summed E-state index contributed by atoms with van der Waals surface area (Å²) >= 11 is 1.87. The van der Waals surface area contributed by atoms with Gasteiger partial charge in [-0.2, -0.15) is 17.0 Å². The predicted octanol–water partition coefficient (Wildman–Crippen LogP) is 2.82. The van der Waals surface area contributed by atoms with Gasteiger partial charge in [0.25, 0.3) is 0 Å². The summed E-state index contributed by atoms with van der Waals surface area (Å²) in [6.45, 7) is 3.06. The zero-order valence-corrected chi connectivity index (χ0v) is 11.8. The summed E-state index contributed by atoms with van der Waals surface area (Å²) in [5.41, 5.74) is 1.10. The topological polar surface area (TPSA) is 45.0 Å². The van der Waals surface area contributed by atoms with E-state index in [0.717, 1.165) is 24.3 Å². The van der Waals surface area contributed by atoms with Crippen molar-refractivity contribution in [1.82, 2.24) is 5.32 Å². The Bertz CT molecular complexity index is 390. The van der Waals surface area contributed by atoms with E-state index < -0.39 is 0 Å². The third-order valence-corrected chi connectivity index (χ3v) is 3.30. The summed E-state index contributed by atoms with van der Waals surface area (Å²) in [6, 6.07) is 10.3. The molecule has 1 rings (SSSR count). The van der Waals surface area contributed by atoms with E-state index in [1.165, 1.54) is 5.75 Å². The Morgan fingerprint density at radius 3 is 2.94 bits per heavy atom. The highest BCUT2D eigenvalue weighted by atomic mass is 32.2. The number of rotatable bonds is 8. The maximum absolute atomic E-state index is 8.54. The van der Waals surface area contributed by atoms with Crippen LogP contribution >= 0.6 is 11.8 Å². The van der Waals surface area contributed by atoms with Gasteiger partial charge in [0.15, 0.2) is 6.61 Å². The number of hydrogen-bond donors (Lipinski definition) is 1. The number of nitriles is 1. The van der Waals surface area contributed by atoms with Crippen molar-refractivity contribution in [2.45, 2.75) is 25.9 Å². The number of nitrogens with one attached hydrogen (secondary N) is 1. The minimum atomic E-state index is 0.0963. The average molecular weight is 264 g/mol. The van der Waals surface area contributed by atoms with Gasteiger partial charge in [0, 0.05) is 18.2 Å². The van der Waals surface area contributed by atoms with Crippen LogP contribution in [0.25, 0.3) is 0 Å². The highest BCUT2D eigenvalue weighted by molar-refractivity contribution is 7.98. The van der Waals surface area contributed by atoms with E-state index in [4.69, 9.17) is 10.00 Å². The molecule has 1 unspecified atom stereocenters. The number of nitrogens with zero attached hydrogens (tertiary/aromatic N) is 1. The molecule has 1 atom stereocenters. The van der Waals surface area contributed by atoms with Crippen molar-refractivity contribution in [1.29, 1.82) is 5.26 Å². The zero-order chi connectivity index (χ0) is 13.2. The SMILES string of the molecule is CSCCC(C)NCc1ccccc1OCC#N. The second-order valence-electron chi connectivity index (χ2n) is 4.12. The first kappa shape index (κ1) is 14.9. The van der Waals surface area contributed by atoms with E-state index in [1.54, 1.807) is 0 Å². The summed E-state index contributed by atoms with van der Waals surface area (Å²) in [5, 5.41) is 12.0. The lowest BCUT2D eigenvalue weighted by atomic mass is 10.2. The summed E-state index contributed by atoms with van der Waals surface area (Å²) in [5.74, 6) is 1.96. The number of benzene rings is 1. The quantitative estimate of drug-likeness (QED) is 0.784. The lowest BCUT2D eigenvalue weighted by Gasteiger charge is -2.15. The van der Waals surface area contributed by atoms with Gasteiger partial charge in [-0.3, -0.25) is 0 Å². The molecule has 0 aliphatic heterocycles. The molecule has 0 aliphatic carbocycles. The minimum Gasteiger partial charge on any atom is -0.478 e. The maximum Gasteiger partial charge on any atom is 0.174 e. The lowest BCUT2D eigenvalue weighted by molar-refractivity contribution is 0.361. The molecule has 1 aromatic carbocycles.